The van der Waals surface area contributed by atoms with Gasteiger partial charge >= 0.3 is 15.5 Å². The van der Waals surface area contributed by atoms with Crippen molar-refractivity contribution in [2.75, 3.05) is 13.8 Å². The van der Waals surface area contributed by atoms with E-state index >= 15 is 0 Å². The second-order valence-electron chi connectivity index (χ2n) is 1.76. The summed E-state index contributed by atoms with van der Waals surface area (Å²) in [5, 5.41) is 0. The van der Waals surface area contributed by atoms with Gasteiger partial charge in [0.1, 0.15) is 6.73 Å². The summed E-state index contributed by atoms with van der Waals surface area (Å²) in [4.78, 5) is 0. The van der Waals surface area contributed by atoms with Crippen LogP contribution in [0.25, 0.3) is 0 Å². The first-order valence-corrected chi connectivity index (χ1v) is 4.51. The Balaban J connectivity index is 4.64. The molecular formula is C3H7F3NO3PS. The van der Waals surface area contributed by atoms with E-state index in [9.17, 15) is 21.6 Å². The van der Waals surface area contributed by atoms with E-state index in [2.05, 4.69) is 4.74 Å². The zero-order valence-electron chi connectivity index (χ0n) is 6.00. The molecule has 12 heavy (non-hydrogen) atoms. The van der Waals surface area contributed by atoms with Gasteiger partial charge in [0.2, 0.25) is 0 Å². The summed E-state index contributed by atoms with van der Waals surface area (Å²) in [5.41, 5.74) is -5.28. The fourth-order valence-corrected chi connectivity index (χ4v) is 1.35. The molecule has 0 aromatic carbocycles. The molecule has 0 amide bonds. The molecule has 0 aromatic rings. The lowest BCUT2D eigenvalue weighted by Gasteiger charge is -2.16. The van der Waals surface area contributed by atoms with Crippen molar-refractivity contribution >= 4 is 19.4 Å². The molecule has 1 atom stereocenters. The highest BCUT2D eigenvalue weighted by Gasteiger charge is 2.48. The molecule has 0 bridgehead atoms. The number of methoxy groups -OCH3 is 1. The molecule has 9 heteroatoms. The second kappa shape index (κ2) is 3.87. The van der Waals surface area contributed by atoms with E-state index in [4.69, 9.17) is 0 Å². The van der Waals surface area contributed by atoms with Crippen LogP contribution < -0.4 is 0 Å². The minimum absolute atomic E-state index is 0.00694. The van der Waals surface area contributed by atoms with E-state index in [0.29, 0.717) is 0 Å². The van der Waals surface area contributed by atoms with Crippen molar-refractivity contribution in [3.05, 3.63) is 0 Å². The molecule has 4 nitrogen and oxygen atoms in total. The lowest BCUT2D eigenvalue weighted by Crippen LogP contribution is -2.35. The predicted molar refractivity (Wildman–Crippen MR) is 38.4 cm³/mol. The standard InChI is InChI=1S/C3H7F3NO3PS/c1-10-2-7(11)12(8,9)3(4,5)6/h2,11H2,1H3. The molecule has 0 radical (unpaired) electrons. The Hall–Kier alpha value is 0.0900. The zero-order chi connectivity index (χ0) is 9.99. The van der Waals surface area contributed by atoms with Gasteiger partial charge in [0.15, 0.2) is 0 Å². The van der Waals surface area contributed by atoms with E-state index in [1.807, 2.05) is 0 Å². The molecular weight excluding hydrogens is 218 g/mol. The number of halogens is 3. The maximum Gasteiger partial charge on any atom is 0.512 e. The molecule has 0 spiro atoms. The van der Waals surface area contributed by atoms with Gasteiger partial charge in [-0.25, -0.2) is 8.42 Å². The zero-order valence-corrected chi connectivity index (χ0v) is 7.97. The molecule has 0 aromatic heterocycles. The smallest absolute Gasteiger partial charge is 0.368 e. The van der Waals surface area contributed by atoms with Crippen molar-refractivity contribution < 1.29 is 26.3 Å². The van der Waals surface area contributed by atoms with Crippen LogP contribution in [0.1, 0.15) is 0 Å². The Morgan fingerprint density at radius 3 is 2.17 bits per heavy atom. The van der Waals surface area contributed by atoms with Crippen molar-refractivity contribution in [3.63, 3.8) is 0 Å². The normalized spacial score (nSPS) is 13.8. The Labute approximate surface area is 70.0 Å². The van der Waals surface area contributed by atoms with Gasteiger partial charge in [-0.3, -0.25) is 0 Å². The first-order chi connectivity index (χ1) is 5.23. The minimum atomic E-state index is -5.28. The Morgan fingerprint density at radius 1 is 1.50 bits per heavy atom. The third-order valence-electron chi connectivity index (χ3n) is 0.858. The van der Waals surface area contributed by atoms with Crippen LogP contribution in [-0.4, -0.2) is 31.8 Å². The summed E-state index contributed by atoms with van der Waals surface area (Å²) >= 11 is 0. The average Bonchev–Trinajstić information content (AvgIpc) is 1.85. The van der Waals surface area contributed by atoms with Gasteiger partial charge in [0.25, 0.3) is 0 Å². The monoisotopic (exact) mass is 225 g/mol. The van der Waals surface area contributed by atoms with Crippen LogP contribution in [0.4, 0.5) is 13.2 Å². The van der Waals surface area contributed by atoms with Crippen LogP contribution in [0.2, 0.25) is 0 Å². The fourth-order valence-electron chi connectivity index (χ4n) is 0.330. The number of nitrogens with zero attached hydrogens (tertiary/aromatic N) is 1. The highest BCUT2D eigenvalue weighted by atomic mass is 32.2. The molecule has 0 saturated carbocycles. The van der Waals surface area contributed by atoms with E-state index in [1.54, 1.807) is 0 Å². The fraction of sp³-hybridized carbons (Fsp3) is 1.00. The van der Waals surface area contributed by atoms with Crippen molar-refractivity contribution in [1.82, 2.24) is 4.08 Å². The van der Waals surface area contributed by atoms with E-state index < -0.39 is 22.3 Å². The van der Waals surface area contributed by atoms with Crippen molar-refractivity contribution in [1.29, 1.82) is 0 Å². The molecule has 0 heterocycles. The van der Waals surface area contributed by atoms with Gasteiger partial charge in [-0.2, -0.15) is 17.2 Å². The van der Waals surface area contributed by atoms with E-state index in [-0.39, 0.29) is 4.08 Å². The highest BCUT2D eigenvalue weighted by Crippen LogP contribution is 2.28. The summed E-state index contributed by atoms with van der Waals surface area (Å²) in [6, 6.07) is 0. The quantitative estimate of drug-likeness (QED) is 0.520. The molecule has 0 aliphatic rings. The average molecular weight is 225 g/mol. The van der Waals surface area contributed by atoms with Crippen LogP contribution in [0.15, 0.2) is 0 Å². The number of sulfonamides is 1. The van der Waals surface area contributed by atoms with Crippen LogP contribution in [0.5, 0.6) is 0 Å². The predicted octanol–water partition coefficient (Wildman–Crippen LogP) is 0.532. The Morgan fingerprint density at radius 2 is 1.92 bits per heavy atom. The lowest BCUT2D eigenvalue weighted by molar-refractivity contribution is -0.0484. The van der Waals surface area contributed by atoms with Crippen LogP contribution in [0.3, 0.4) is 0 Å². The molecule has 0 fully saturated rings. The van der Waals surface area contributed by atoms with Crippen molar-refractivity contribution in [2.45, 2.75) is 5.51 Å². The summed E-state index contributed by atoms with van der Waals surface area (Å²) in [6.45, 7) is -0.660. The maximum absolute atomic E-state index is 11.7. The van der Waals surface area contributed by atoms with Gasteiger partial charge < -0.3 is 4.74 Å². The Bertz CT molecular complexity index is 238. The molecule has 74 valence electrons. The third kappa shape index (κ3) is 2.55. The van der Waals surface area contributed by atoms with Crippen molar-refractivity contribution in [3.8, 4) is 0 Å². The molecule has 0 aliphatic heterocycles. The van der Waals surface area contributed by atoms with Crippen LogP contribution >= 0.6 is 9.39 Å². The number of hydrogen-bond donors (Lipinski definition) is 0. The molecule has 0 aliphatic carbocycles. The Kier molecular flexibility index (Phi) is 3.89. The van der Waals surface area contributed by atoms with E-state index in [1.165, 1.54) is 9.39 Å². The summed E-state index contributed by atoms with van der Waals surface area (Å²) < 4.78 is 60.2. The van der Waals surface area contributed by atoms with Gasteiger partial charge in [0, 0.05) is 7.11 Å². The number of ether oxygens (including phenoxy) is 1. The minimum Gasteiger partial charge on any atom is -0.368 e. The number of hydrogen-bond acceptors (Lipinski definition) is 3. The summed E-state index contributed by atoms with van der Waals surface area (Å²) in [7, 11) is -2.77. The maximum atomic E-state index is 11.7. The van der Waals surface area contributed by atoms with Crippen LogP contribution in [-0.2, 0) is 14.8 Å². The topological polar surface area (TPSA) is 46.6 Å². The van der Waals surface area contributed by atoms with Gasteiger partial charge in [-0.15, -0.1) is 0 Å². The molecule has 1 unspecified atom stereocenters. The SMILES string of the molecule is COCN(P)S(=O)(=O)C(F)(F)F. The summed E-state index contributed by atoms with van der Waals surface area (Å²) in [5.74, 6) is 0. The van der Waals surface area contributed by atoms with Crippen LogP contribution in [0, 0.1) is 0 Å². The van der Waals surface area contributed by atoms with E-state index in [0.717, 1.165) is 7.11 Å². The number of alkyl halides is 3. The van der Waals surface area contributed by atoms with Crippen molar-refractivity contribution in [2.24, 2.45) is 0 Å². The molecule has 0 rings (SSSR count). The first kappa shape index (κ1) is 12.1. The molecule has 0 saturated heterocycles. The number of rotatable bonds is 3. The van der Waals surface area contributed by atoms with Gasteiger partial charge in [0.05, 0.1) is 0 Å². The molecule has 0 N–H and O–H groups in total. The summed E-state index contributed by atoms with van der Waals surface area (Å²) in [6.07, 6.45) is 0. The second-order valence-corrected chi connectivity index (χ2v) is 4.64. The highest BCUT2D eigenvalue weighted by molar-refractivity contribution is 7.92. The first-order valence-electron chi connectivity index (χ1n) is 2.56. The van der Waals surface area contributed by atoms with Gasteiger partial charge in [-0.05, 0) is 9.39 Å². The third-order valence-corrected chi connectivity index (χ3v) is 3.15. The van der Waals surface area contributed by atoms with Gasteiger partial charge in [-0.1, -0.05) is 0 Å². The lowest BCUT2D eigenvalue weighted by atomic mass is 11.3. The largest absolute Gasteiger partial charge is 0.512 e.